The number of hydrogen-bond donors (Lipinski definition) is 0. The van der Waals surface area contributed by atoms with Crippen molar-refractivity contribution in [2.45, 2.75) is 245 Å². The maximum Gasteiger partial charge on any atom is 0.306 e. The minimum atomic E-state index is -0.815. The highest BCUT2D eigenvalue weighted by Gasteiger charge is 2.19. The van der Waals surface area contributed by atoms with Gasteiger partial charge in [0.1, 0.15) is 13.2 Å². The van der Waals surface area contributed by atoms with Crippen LogP contribution in [-0.4, -0.2) is 37.2 Å². The van der Waals surface area contributed by atoms with E-state index in [0.29, 0.717) is 19.3 Å². The number of hydrogen-bond acceptors (Lipinski definition) is 6. The van der Waals surface area contributed by atoms with Crippen LogP contribution >= 0.6 is 0 Å². The summed E-state index contributed by atoms with van der Waals surface area (Å²) >= 11 is 0. The van der Waals surface area contributed by atoms with E-state index in [1.54, 1.807) is 0 Å². The maximum absolute atomic E-state index is 12.9. The van der Waals surface area contributed by atoms with Crippen LogP contribution in [0.2, 0.25) is 0 Å². The molecule has 0 aliphatic heterocycles. The molecule has 0 heterocycles. The van der Waals surface area contributed by atoms with E-state index in [2.05, 4.69) is 87.6 Å². The van der Waals surface area contributed by atoms with Crippen molar-refractivity contribution in [1.82, 2.24) is 0 Å². The van der Waals surface area contributed by atoms with Crippen molar-refractivity contribution in [2.24, 2.45) is 0 Å². The third-order valence-corrected chi connectivity index (χ3v) is 11.6. The molecule has 1 unspecified atom stereocenters. The van der Waals surface area contributed by atoms with E-state index in [1.165, 1.54) is 116 Å². The number of ether oxygens (including phenoxy) is 3. The molecule has 0 spiro atoms. The van der Waals surface area contributed by atoms with Crippen molar-refractivity contribution >= 4 is 17.9 Å². The summed E-state index contributed by atoms with van der Waals surface area (Å²) in [5.74, 6) is -0.995. The molecule has 0 N–H and O–H groups in total. The van der Waals surface area contributed by atoms with Gasteiger partial charge in [0.25, 0.3) is 0 Å². The van der Waals surface area contributed by atoms with Crippen molar-refractivity contribution in [3.8, 4) is 0 Å². The Bertz CT molecular complexity index is 1470. The zero-order chi connectivity index (χ0) is 50.0. The summed E-state index contributed by atoms with van der Waals surface area (Å²) in [6.07, 6.45) is 77.7. The van der Waals surface area contributed by atoms with Gasteiger partial charge in [0, 0.05) is 19.3 Å². The van der Waals surface area contributed by atoms with Gasteiger partial charge < -0.3 is 14.2 Å². The first-order valence-corrected chi connectivity index (χ1v) is 28.1. The van der Waals surface area contributed by atoms with Gasteiger partial charge in [-0.2, -0.15) is 0 Å². The fourth-order valence-corrected chi connectivity index (χ4v) is 7.42. The summed E-state index contributed by atoms with van der Waals surface area (Å²) in [5, 5.41) is 0. The van der Waals surface area contributed by atoms with Gasteiger partial charge in [-0.3, -0.25) is 14.4 Å². The fraction of sp³-hybridized carbons (Fsp3) is 0.635. The van der Waals surface area contributed by atoms with Crippen LogP contribution in [0.1, 0.15) is 239 Å². The van der Waals surface area contributed by atoms with Crippen molar-refractivity contribution in [1.29, 1.82) is 0 Å². The van der Waals surface area contributed by atoms with E-state index < -0.39 is 6.10 Å². The summed E-state index contributed by atoms with van der Waals surface area (Å²) in [6.45, 7) is 6.29. The van der Waals surface area contributed by atoms with Crippen molar-refractivity contribution in [3.63, 3.8) is 0 Å². The molecule has 0 bridgehead atoms. The van der Waals surface area contributed by atoms with Gasteiger partial charge in [0.2, 0.25) is 0 Å². The Hall–Kier alpha value is -4.19. The van der Waals surface area contributed by atoms with Crippen molar-refractivity contribution < 1.29 is 28.6 Å². The second-order valence-electron chi connectivity index (χ2n) is 18.2. The molecule has 390 valence electrons. The van der Waals surface area contributed by atoms with Gasteiger partial charge in [-0.25, -0.2) is 0 Å². The molecule has 0 saturated carbocycles. The Morgan fingerprint density at radius 2 is 0.652 bits per heavy atom. The molecule has 0 saturated heterocycles. The number of unbranched alkanes of at least 4 members (excludes halogenated alkanes) is 23. The van der Waals surface area contributed by atoms with Gasteiger partial charge in [-0.1, -0.05) is 251 Å². The Morgan fingerprint density at radius 3 is 1.13 bits per heavy atom. The highest BCUT2D eigenvalue weighted by atomic mass is 16.6. The average Bonchev–Trinajstić information content (AvgIpc) is 3.35. The quantitative estimate of drug-likeness (QED) is 0.0199. The molecule has 0 aromatic heterocycles. The molecule has 69 heavy (non-hydrogen) atoms. The molecule has 0 rings (SSSR count). The third-order valence-electron chi connectivity index (χ3n) is 11.6. The van der Waals surface area contributed by atoms with E-state index in [0.717, 1.165) is 77.0 Å². The Balaban J connectivity index is 4.45. The van der Waals surface area contributed by atoms with Gasteiger partial charge in [-0.15, -0.1) is 0 Å². The molecule has 6 heteroatoms. The van der Waals surface area contributed by atoms with Crippen LogP contribution in [-0.2, 0) is 28.6 Å². The van der Waals surface area contributed by atoms with Crippen LogP contribution in [0.3, 0.4) is 0 Å². The molecule has 0 amide bonds. The number of carbonyl (C=O) groups is 3. The highest BCUT2D eigenvalue weighted by molar-refractivity contribution is 5.71. The summed E-state index contributed by atoms with van der Waals surface area (Å²) in [4.78, 5) is 38.1. The second-order valence-corrected chi connectivity index (χ2v) is 18.2. The number of allylic oxidation sites excluding steroid dienone is 20. The predicted octanol–water partition coefficient (Wildman–Crippen LogP) is 18.9. The first-order chi connectivity index (χ1) is 34.0. The van der Waals surface area contributed by atoms with E-state index in [-0.39, 0.29) is 37.5 Å². The van der Waals surface area contributed by atoms with Crippen LogP contribution in [0.5, 0.6) is 0 Å². The zero-order valence-corrected chi connectivity index (χ0v) is 44.5. The molecule has 0 fully saturated rings. The molecular weight excluding hydrogens is 853 g/mol. The smallest absolute Gasteiger partial charge is 0.306 e. The molecule has 1 atom stereocenters. The summed E-state index contributed by atoms with van der Waals surface area (Å²) in [5.41, 5.74) is 0. The first kappa shape index (κ1) is 64.8. The highest BCUT2D eigenvalue weighted by Crippen LogP contribution is 2.15. The Kier molecular flexibility index (Phi) is 53.0. The van der Waals surface area contributed by atoms with E-state index in [4.69, 9.17) is 14.2 Å². The number of carbonyl (C=O) groups excluding carboxylic acids is 3. The molecule has 6 nitrogen and oxygen atoms in total. The average molecular weight is 956 g/mol. The molecule has 0 aromatic carbocycles. The topological polar surface area (TPSA) is 78.9 Å². The van der Waals surface area contributed by atoms with Gasteiger partial charge in [0.15, 0.2) is 6.10 Å². The SMILES string of the molecule is CC\C=C/C=C\C=C/C=C\C=C/CCCC(=O)OCC(COC(=O)CCCCCCCCCCC/C=C\C/C=C\C/C=C\CC)OC(=O)CCCCCCCCCCCC/C=C\C=C/CCCCC. The second kappa shape index (κ2) is 56.4. The van der Waals surface area contributed by atoms with Crippen LogP contribution < -0.4 is 0 Å². The van der Waals surface area contributed by atoms with Crippen LogP contribution in [0.25, 0.3) is 0 Å². The van der Waals surface area contributed by atoms with Gasteiger partial charge >= 0.3 is 17.9 Å². The molecule has 0 radical (unpaired) electrons. The van der Waals surface area contributed by atoms with E-state index in [9.17, 15) is 14.4 Å². The summed E-state index contributed by atoms with van der Waals surface area (Å²) in [7, 11) is 0. The Morgan fingerprint density at radius 1 is 0.319 bits per heavy atom. The van der Waals surface area contributed by atoms with E-state index >= 15 is 0 Å². The van der Waals surface area contributed by atoms with Crippen molar-refractivity contribution in [2.75, 3.05) is 13.2 Å². The first-order valence-electron chi connectivity index (χ1n) is 28.1. The lowest BCUT2D eigenvalue weighted by molar-refractivity contribution is -0.167. The lowest BCUT2D eigenvalue weighted by atomic mass is 10.1. The molecular formula is C63H102O6. The lowest BCUT2D eigenvalue weighted by Gasteiger charge is -2.18. The minimum absolute atomic E-state index is 0.108. The Labute approximate surface area is 424 Å². The van der Waals surface area contributed by atoms with Crippen LogP contribution in [0, 0.1) is 0 Å². The largest absolute Gasteiger partial charge is 0.462 e. The monoisotopic (exact) mass is 955 g/mol. The van der Waals surface area contributed by atoms with Gasteiger partial charge in [-0.05, 0) is 89.9 Å². The minimum Gasteiger partial charge on any atom is -0.462 e. The van der Waals surface area contributed by atoms with Crippen molar-refractivity contribution in [3.05, 3.63) is 122 Å². The summed E-state index contributed by atoms with van der Waals surface area (Å²) < 4.78 is 16.8. The van der Waals surface area contributed by atoms with E-state index in [1.807, 2.05) is 54.7 Å². The number of esters is 3. The fourth-order valence-electron chi connectivity index (χ4n) is 7.42. The van der Waals surface area contributed by atoms with Crippen LogP contribution in [0.15, 0.2) is 122 Å². The van der Waals surface area contributed by atoms with Gasteiger partial charge in [0.05, 0.1) is 0 Å². The molecule has 0 aliphatic carbocycles. The predicted molar refractivity (Wildman–Crippen MR) is 297 cm³/mol. The zero-order valence-electron chi connectivity index (χ0n) is 44.5. The van der Waals surface area contributed by atoms with Crippen LogP contribution in [0.4, 0.5) is 0 Å². The maximum atomic E-state index is 12.9. The normalized spacial score (nSPS) is 13.0. The lowest BCUT2D eigenvalue weighted by Crippen LogP contribution is -2.30. The molecule has 0 aliphatic rings. The third kappa shape index (κ3) is 54.6. The standard InChI is InChI=1S/C63H102O6/c1-4-7-10-13-16-19-22-25-27-29-31-33-35-38-41-44-47-50-53-56-62(65)68-59-60(58-67-61(64)55-52-49-46-43-40-37-24-21-18-15-12-9-6-3)69-63(66)57-54-51-48-45-42-39-36-34-32-30-28-26-23-20-17-14-11-8-5-2/h7,9-10,12,15-21,23-27,37,40,43,46,60H,4-6,8,11,13-14,22,28-36,38-39,41-42,44-45,47-59H2,1-3H3/b10-7-,12-9-,18-15-,19-16-,20-17-,24-21-,26-23-,27-25-,40-37-,46-43-. The molecule has 0 aromatic rings. The summed E-state index contributed by atoms with van der Waals surface area (Å²) in [6, 6.07) is 0. The number of rotatable bonds is 49.